The number of ether oxygens (including phenoxy) is 2. The monoisotopic (exact) mass is 481 g/mol. The summed E-state index contributed by atoms with van der Waals surface area (Å²) in [6.07, 6.45) is 7.34. The number of likely N-dealkylation sites (tertiary alicyclic amines) is 1. The van der Waals surface area contributed by atoms with Crippen LogP contribution in [0.2, 0.25) is 0 Å². The molecule has 0 saturated carbocycles. The van der Waals surface area contributed by atoms with Crippen LogP contribution in [0.5, 0.6) is 11.5 Å². The molecule has 2 aliphatic rings. The van der Waals surface area contributed by atoms with Crippen LogP contribution in [0.1, 0.15) is 62.6 Å². The number of unbranched alkanes of at least 4 members (excludes halogenated alkanes) is 2. The van der Waals surface area contributed by atoms with E-state index < -0.39 is 17.9 Å². The first-order chi connectivity index (χ1) is 17.0. The topological polar surface area (TPSA) is 92.2 Å². The van der Waals surface area contributed by atoms with Crippen molar-refractivity contribution >= 4 is 11.9 Å². The maximum absolute atomic E-state index is 13.4. The Morgan fingerprint density at radius 2 is 1.83 bits per heavy atom. The summed E-state index contributed by atoms with van der Waals surface area (Å²) in [6.45, 7) is 6.50. The molecular weight excluding hydrogens is 446 g/mol. The molecule has 1 aromatic heterocycles. The number of aromatic nitrogens is 1. The van der Waals surface area contributed by atoms with Gasteiger partial charge in [0, 0.05) is 37.9 Å². The molecule has 35 heavy (non-hydrogen) atoms. The zero-order valence-corrected chi connectivity index (χ0v) is 20.6. The van der Waals surface area contributed by atoms with Gasteiger partial charge in [-0.2, -0.15) is 0 Å². The Balaban J connectivity index is 1.65. The zero-order chi connectivity index (χ0) is 24.8. The van der Waals surface area contributed by atoms with Gasteiger partial charge in [-0.3, -0.25) is 19.5 Å². The van der Waals surface area contributed by atoms with Gasteiger partial charge in [0.2, 0.25) is 12.7 Å². The summed E-state index contributed by atoms with van der Waals surface area (Å²) >= 11 is 0. The SMILES string of the molecule is CCCCN(CCCC)C(=O)CN1CC(c2ccc3c(c2)OCO3)[C@H](C(=O)O)[C@H]1c1cccnc1. The average molecular weight is 482 g/mol. The highest BCUT2D eigenvalue weighted by Crippen LogP contribution is 2.47. The second-order valence-corrected chi connectivity index (χ2v) is 9.33. The summed E-state index contributed by atoms with van der Waals surface area (Å²) in [6, 6.07) is 8.88. The van der Waals surface area contributed by atoms with Gasteiger partial charge in [-0.1, -0.05) is 38.8 Å². The van der Waals surface area contributed by atoms with E-state index in [1.165, 1.54) is 0 Å². The van der Waals surface area contributed by atoms with Crippen LogP contribution < -0.4 is 9.47 Å². The van der Waals surface area contributed by atoms with E-state index >= 15 is 0 Å². The van der Waals surface area contributed by atoms with Crippen LogP contribution in [0.3, 0.4) is 0 Å². The highest BCUT2D eigenvalue weighted by Gasteiger charge is 2.48. The minimum absolute atomic E-state index is 0.0521. The third-order valence-corrected chi connectivity index (χ3v) is 6.99. The number of benzene rings is 1. The van der Waals surface area contributed by atoms with Gasteiger partial charge < -0.3 is 19.5 Å². The molecule has 4 rings (SSSR count). The Bertz CT molecular complexity index is 1010. The number of pyridine rings is 1. The number of carbonyl (C=O) groups is 2. The van der Waals surface area contributed by atoms with Crippen molar-refractivity contribution in [2.24, 2.45) is 5.92 Å². The summed E-state index contributed by atoms with van der Waals surface area (Å²) in [5.41, 5.74) is 1.68. The number of hydrogen-bond acceptors (Lipinski definition) is 6. The Morgan fingerprint density at radius 3 is 2.49 bits per heavy atom. The standard InChI is InChI=1S/C27H35N3O5/c1-3-5-12-29(13-6-4-2)24(31)17-30-16-21(19-9-10-22-23(14-19)35-18-34-22)25(27(32)33)26(30)20-8-7-11-28-15-20/h7-11,14-15,21,25-26H,3-6,12-13,16-18H2,1-2H3,(H,32,33)/t21?,25-,26+/m0/s1. The molecule has 2 aromatic rings. The fourth-order valence-electron chi connectivity index (χ4n) is 5.16. The van der Waals surface area contributed by atoms with E-state index in [1.54, 1.807) is 12.4 Å². The van der Waals surface area contributed by atoms with E-state index in [-0.39, 0.29) is 25.2 Å². The second kappa shape index (κ2) is 11.5. The van der Waals surface area contributed by atoms with Gasteiger partial charge in [0.05, 0.1) is 18.5 Å². The molecule has 188 valence electrons. The molecule has 0 aliphatic carbocycles. The normalized spacial score (nSPS) is 21.3. The molecule has 0 radical (unpaired) electrons. The van der Waals surface area contributed by atoms with Crippen molar-refractivity contribution in [3.05, 3.63) is 53.9 Å². The molecule has 1 unspecified atom stereocenters. The van der Waals surface area contributed by atoms with E-state index in [1.807, 2.05) is 40.1 Å². The first-order valence-corrected chi connectivity index (χ1v) is 12.6. The quantitative estimate of drug-likeness (QED) is 0.517. The van der Waals surface area contributed by atoms with Crippen LogP contribution in [0.25, 0.3) is 0 Å². The summed E-state index contributed by atoms with van der Waals surface area (Å²) < 4.78 is 11.0. The molecule has 3 heterocycles. The van der Waals surface area contributed by atoms with E-state index in [9.17, 15) is 14.7 Å². The van der Waals surface area contributed by atoms with Crippen molar-refractivity contribution in [1.29, 1.82) is 0 Å². The predicted octanol–water partition coefficient (Wildman–Crippen LogP) is 4.08. The first kappa shape index (κ1) is 25.0. The number of carboxylic acid groups (broad SMARTS) is 1. The maximum atomic E-state index is 13.4. The van der Waals surface area contributed by atoms with Gasteiger partial charge in [0.25, 0.3) is 0 Å². The Morgan fingerprint density at radius 1 is 1.09 bits per heavy atom. The molecule has 2 aliphatic heterocycles. The van der Waals surface area contributed by atoms with Gasteiger partial charge >= 0.3 is 5.97 Å². The molecule has 3 atom stereocenters. The lowest BCUT2D eigenvalue weighted by Crippen LogP contribution is -2.42. The lowest BCUT2D eigenvalue weighted by atomic mass is 9.83. The van der Waals surface area contributed by atoms with E-state index in [4.69, 9.17) is 9.47 Å². The zero-order valence-electron chi connectivity index (χ0n) is 20.6. The minimum Gasteiger partial charge on any atom is -0.481 e. The van der Waals surface area contributed by atoms with Crippen molar-refractivity contribution < 1.29 is 24.2 Å². The first-order valence-electron chi connectivity index (χ1n) is 12.6. The molecule has 8 nitrogen and oxygen atoms in total. The summed E-state index contributed by atoms with van der Waals surface area (Å²) in [5, 5.41) is 10.4. The number of hydrogen-bond donors (Lipinski definition) is 1. The maximum Gasteiger partial charge on any atom is 0.309 e. The molecule has 1 N–H and O–H groups in total. The van der Waals surface area contributed by atoms with Crippen LogP contribution in [-0.4, -0.2) is 64.7 Å². The van der Waals surface area contributed by atoms with Crippen molar-refractivity contribution in [3.8, 4) is 11.5 Å². The summed E-state index contributed by atoms with van der Waals surface area (Å²) in [7, 11) is 0. The fourth-order valence-corrected chi connectivity index (χ4v) is 5.16. The molecule has 0 bridgehead atoms. The van der Waals surface area contributed by atoms with Crippen molar-refractivity contribution in [2.75, 3.05) is 33.0 Å². The molecular formula is C27H35N3O5. The third-order valence-electron chi connectivity index (χ3n) is 6.99. The number of aliphatic carboxylic acids is 1. The molecule has 0 spiro atoms. The lowest BCUT2D eigenvalue weighted by molar-refractivity contribution is -0.144. The van der Waals surface area contributed by atoms with Crippen LogP contribution in [0, 0.1) is 5.92 Å². The number of nitrogens with zero attached hydrogens (tertiary/aromatic N) is 3. The van der Waals surface area contributed by atoms with Gasteiger partial charge in [-0.25, -0.2) is 0 Å². The molecule has 1 fully saturated rings. The molecule has 1 aromatic carbocycles. The molecule has 1 saturated heterocycles. The minimum atomic E-state index is -0.884. The third kappa shape index (κ3) is 5.59. The fraction of sp³-hybridized carbons (Fsp3) is 0.519. The number of fused-ring (bicyclic) bond motifs is 1. The molecule has 1 amide bonds. The Labute approximate surface area is 206 Å². The lowest BCUT2D eigenvalue weighted by Gasteiger charge is -2.29. The number of amides is 1. The smallest absolute Gasteiger partial charge is 0.309 e. The van der Waals surface area contributed by atoms with E-state index in [0.717, 1.165) is 49.9 Å². The largest absolute Gasteiger partial charge is 0.481 e. The van der Waals surface area contributed by atoms with Crippen molar-refractivity contribution in [1.82, 2.24) is 14.8 Å². The van der Waals surface area contributed by atoms with Crippen molar-refractivity contribution in [2.45, 2.75) is 51.5 Å². The number of carboxylic acids is 1. The summed E-state index contributed by atoms with van der Waals surface area (Å²) in [5.74, 6) is -0.574. The predicted molar refractivity (Wildman–Crippen MR) is 131 cm³/mol. The highest BCUT2D eigenvalue weighted by molar-refractivity contribution is 5.79. The van der Waals surface area contributed by atoms with Crippen LogP contribution >= 0.6 is 0 Å². The highest BCUT2D eigenvalue weighted by atomic mass is 16.7. The van der Waals surface area contributed by atoms with Crippen LogP contribution in [0.15, 0.2) is 42.7 Å². The average Bonchev–Trinajstić information content (AvgIpc) is 3.49. The van der Waals surface area contributed by atoms with Gasteiger partial charge in [0.15, 0.2) is 11.5 Å². The number of rotatable bonds is 11. The Kier molecular flexibility index (Phi) is 8.23. The Hall–Kier alpha value is -3.13. The molecule has 8 heteroatoms. The van der Waals surface area contributed by atoms with Crippen LogP contribution in [-0.2, 0) is 9.59 Å². The van der Waals surface area contributed by atoms with Crippen molar-refractivity contribution in [3.63, 3.8) is 0 Å². The second-order valence-electron chi connectivity index (χ2n) is 9.33. The van der Waals surface area contributed by atoms with E-state index in [0.29, 0.717) is 18.0 Å². The van der Waals surface area contributed by atoms with Gasteiger partial charge in [-0.05, 0) is 42.2 Å². The van der Waals surface area contributed by atoms with E-state index in [2.05, 4.69) is 18.8 Å². The number of carbonyl (C=O) groups excluding carboxylic acids is 1. The van der Waals surface area contributed by atoms with Gasteiger partial charge in [0.1, 0.15) is 0 Å². The van der Waals surface area contributed by atoms with Crippen LogP contribution in [0.4, 0.5) is 0 Å². The summed E-state index contributed by atoms with van der Waals surface area (Å²) in [4.78, 5) is 34.3. The van der Waals surface area contributed by atoms with Gasteiger partial charge in [-0.15, -0.1) is 0 Å².